The quantitative estimate of drug-likeness (QED) is 0.512. The number of aromatic nitrogens is 1. The van der Waals surface area contributed by atoms with E-state index in [0.717, 1.165) is 67.8 Å². The number of para-hydroxylation sites is 1. The van der Waals surface area contributed by atoms with Gasteiger partial charge in [-0.3, -0.25) is 9.69 Å². The van der Waals surface area contributed by atoms with E-state index in [2.05, 4.69) is 40.0 Å². The molecule has 2 heterocycles. The highest BCUT2D eigenvalue weighted by atomic mass is 19.1. The minimum absolute atomic E-state index is 0.00503. The number of halogens is 1. The zero-order valence-electron chi connectivity index (χ0n) is 18.7. The Balaban J connectivity index is 1.49. The first-order chi connectivity index (χ1) is 15.7. The van der Waals surface area contributed by atoms with Crippen LogP contribution in [-0.2, 0) is 16.1 Å². The van der Waals surface area contributed by atoms with Crippen LogP contribution < -0.4 is 5.32 Å². The van der Waals surface area contributed by atoms with Crippen LogP contribution in [0.15, 0.2) is 54.7 Å². The molecule has 32 heavy (non-hydrogen) atoms. The van der Waals surface area contributed by atoms with Crippen LogP contribution in [-0.4, -0.2) is 54.8 Å². The van der Waals surface area contributed by atoms with Gasteiger partial charge in [-0.1, -0.05) is 30.3 Å². The van der Waals surface area contributed by atoms with Crippen molar-refractivity contribution in [1.82, 2.24) is 14.8 Å². The van der Waals surface area contributed by atoms with Gasteiger partial charge in [0.05, 0.1) is 13.2 Å². The van der Waals surface area contributed by atoms with E-state index in [-0.39, 0.29) is 17.6 Å². The smallest absolute Gasteiger partial charge is 0.220 e. The van der Waals surface area contributed by atoms with E-state index < -0.39 is 0 Å². The van der Waals surface area contributed by atoms with Gasteiger partial charge in [-0.2, -0.15) is 0 Å². The summed E-state index contributed by atoms with van der Waals surface area (Å²) in [5.41, 5.74) is 3.03. The summed E-state index contributed by atoms with van der Waals surface area (Å²) in [7, 11) is 0. The maximum atomic E-state index is 14.1. The van der Waals surface area contributed by atoms with Gasteiger partial charge in [0.25, 0.3) is 0 Å². The van der Waals surface area contributed by atoms with Crippen molar-refractivity contribution in [2.24, 2.45) is 0 Å². The molecule has 5 nitrogen and oxygen atoms in total. The number of benzene rings is 2. The minimum Gasteiger partial charge on any atom is -0.379 e. The molecule has 0 radical (unpaired) electrons. The van der Waals surface area contributed by atoms with Crippen molar-refractivity contribution < 1.29 is 13.9 Å². The number of amides is 1. The minimum atomic E-state index is -0.280. The molecule has 0 bridgehead atoms. The predicted molar refractivity (Wildman–Crippen MR) is 125 cm³/mol. The molecule has 1 amide bonds. The second-order valence-corrected chi connectivity index (χ2v) is 8.36. The molecule has 1 aromatic heterocycles. The lowest BCUT2D eigenvalue weighted by molar-refractivity contribution is -0.121. The van der Waals surface area contributed by atoms with Crippen molar-refractivity contribution in [3.05, 3.63) is 71.7 Å². The Morgan fingerprint density at radius 1 is 1.16 bits per heavy atom. The van der Waals surface area contributed by atoms with Crippen LogP contribution in [0.1, 0.15) is 36.8 Å². The summed E-state index contributed by atoms with van der Waals surface area (Å²) in [6.07, 6.45) is 3.32. The number of aryl methyl sites for hydroxylation is 1. The number of carbonyl (C=O) groups excluding carboxylic acids is 1. The molecule has 0 aliphatic carbocycles. The van der Waals surface area contributed by atoms with E-state index in [0.29, 0.717) is 13.0 Å². The van der Waals surface area contributed by atoms with Crippen LogP contribution in [0.25, 0.3) is 10.9 Å². The van der Waals surface area contributed by atoms with E-state index in [1.54, 1.807) is 12.1 Å². The highest BCUT2D eigenvalue weighted by Gasteiger charge is 2.23. The number of hydrogen-bond donors (Lipinski definition) is 1. The summed E-state index contributed by atoms with van der Waals surface area (Å²) in [5, 5.41) is 4.19. The highest BCUT2D eigenvalue weighted by Crippen LogP contribution is 2.35. The molecule has 0 spiro atoms. The Morgan fingerprint density at radius 2 is 1.97 bits per heavy atom. The summed E-state index contributed by atoms with van der Waals surface area (Å²) in [4.78, 5) is 15.3. The molecule has 1 fully saturated rings. The zero-order chi connectivity index (χ0) is 22.3. The predicted octanol–water partition coefficient (Wildman–Crippen LogP) is 4.16. The van der Waals surface area contributed by atoms with Gasteiger partial charge in [-0.05, 0) is 49.2 Å². The van der Waals surface area contributed by atoms with Gasteiger partial charge >= 0.3 is 0 Å². The molecule has 6 heteroatoms. The highest BCUT2D eigenvalue weighted by molar-refractivity contribution is 5.86. The third kappa shape index (κ3) is 5.37. The normalized spacial score (nSPS) is 15.7. The molecule has 1 N–H and O–H groups in total. The molecule has 3 aromatic rings. The topological polar surface area (TPSA) is 46.5 Å². The average molecular weight is 438 g/mol. The second kappa shape index (κ2) is 10.7. The average Bonchev–Trinajstić information content (AvgIpc) is 3.19. The monoisotopic (exact) mass is 437 g/mol. The number of fused-ring (bicyclic) bond motifs is 1. The standard InChI is InChI=1S/C26H32FN3O2/c1-2-30-19-24(22-9-3-4-10-25(22)30)23(20-7-5-8-21(27)17-20)18-26(31)28-11-6-12-29-13-15-32-16-14-29/h3-5,7-10,17,19,23H,2,6,11-16,18H2,1H3,(H,28,31). The fraction of sp³-hybridized carbons (Fsp3) is 0.423. The van der Waals surface area contributed by atoms with Crippen molar-refractivity contribution in [2.45, 2.75) is 32.2 Å². The van der Waals surface area contributed by atoms with Gasteiger partial charge in [0, 0.05) is 55.6 Å². The number of carbonyl (C=O) groups is 1. The maximum absolute atomic E-state index is 14.1. The molecule has 2 aromatic carbocycles. The van der Waals surface area contributed by atoms with Crippen LogP contribution >= 0.6 is 0 Å². The van der Waals surface area contributed by atoms with Crippen molar-refractivity contribution in [3.8, 4) is 0 Å². The lowest BCUT2D eigenvalue weighted by Crippen LogP contribution is -2.38. The molecule has 1 aliphatic rings. The summed E-state index contributed by atoms with van der Waals surface area (Å²) < 4.78 is 21.6. The van der Waals surface area contributed by atoms with Crippen molar-refractivity contribution >= 4 is 16.8 Å². The van der Waals surface area contributed by atoms with Gasteiger partial charge in [-0.25, -0.2) is 4.39 Å². The fourth-order valence-corrected chi connectivity index (χ4v) is 4.56. The van der Waals surface area contributed by atoms with Gasteiger partial charge in [0.1, 0.15) is 5.82 Å². The van der Waals surface area contributed by atoms with Crippen molar-refractivity contribution in [3.63, 3.8) is 0 Å². The molecule has 1 saturated heterocycles. The molecule has 170 valence electrons. The van der Waals surface area contributed by atoms with E-state index >= 15 is 0 Å². The van der Waals surface area contributed by atoms with Crippen molar-refractivity contribution in [2.75, 3.05) is 39.4 Å². The number of ether oxygens (including phenoxy) is 1. The number of nitrogens with one attached hydrogen (secondary N) is 1. The van der Waals surface area contributed by atoms with Crippen LogP contribution in [0.3, 0.4) is 0 Å². The molecule has 0 saturated carbocycles. The number of morpholine rings is 1. The molecule has 1 aliphatic heterocycles. The first-order valence-electron chi connectivity index (χ1n) is 11.6. The molecule has 1 unspecified atom stereocenters. The summed E-state index contributed by atoms with van der Waals surface area (Å²) in [6, 6.07) is 14.8. The van der Waals surface area contributed by atoms with Crippen LogP contribution in [0.4, 0.5) is 4.39 Å². The van der Waals surface area contributed by atoms with Crippen LogP contribution in [0.5, 0.6) is 0 Å². The Bertz CT molecular complexity index is 1040. The lowest BCUT2D eigenvalue weighted by Gasteiger charge is -2.26. The van der Waals surface area contributed by atoms with Gasteiger partial charge in [0.2, 0.25) is 5.91 Å². The SMILES string of the molecule is CCn1cc(C(CC(=O)NCCCN2CCOCC2)c2cccc(F)c2)c2ccccc21. The van der Waals surface area contributed by atoms with E-state index in [1.807, 2.05) is 18.2 Å². The van der Waals surface area contributed by atoms with E-state index in [4.69, 9.17) is 4.74 Å². The number of nitrogens with zero attached hydrogens (tertiary/aromatic N) is 2. The van der Waals surface area contributed by atoms with Gasteiger partial charge in [-0.15, -0.1) is 0 Å². The van der Waals surface area contributed by atoms with Crippen LogP contribution in [0, 0.1) is 5.82 Å². The summed E-state index contributed by atoms with van der Waals surface area (Å²) >= 11 is 0. The lowest BCUT2D eigenvalue weighted by atomic mass is 9.88. The molecule has 4 rings (SSSR count). The Labute approximate surface area is 189 Å². The fourth-order valence-electron chi connectivity index (χ4n) is 4.56. The maximum Gasteiger partial charge on any atom is 0.220 e. The number of hydrogen-bond acceptors (Lipinski definition) is 3. The zero-order valence-corrected chi connectivity index (χ0v) is 18.7. The summed E-state index contributed by atoms with van der Waals surface area (Å²) in [5.74, 6) is -0.491. The summed E-state index contributed by atoms with van der Waals surface area (Å²) in [6.45, 7) is 8.02. The van der Waals surface area contributed by atoms with Gasteiger partial charge < -0.3 is 14.6 Å². The van der Waals surface area contributed by atoms with E-state index in [1.165, 1.54) is 6.07 Å². The number of rotatable bonds is 9. The second-order valence-electron chi connectivity index (χ2n) is 8.36. The molecular formula is C26H32FN3O2. The molecular weight excluding hydrogens is 405 g/mol. The van der Waals surface area contributed by atoms with Crippen molar-refractivity contribution in [1.29, 1.82) is 0 Å². The third-order valence-corrected chi connectivity index (χ3v) is 6.25. The van der Waals surface area contributed by atoms with E-state index in [9.17, 15) is 9.18 Å². The first-order valence-corrected chi connectivity index (χ1v) is 11.6. The Hall–Kier alpha value is -2.70. The first kappa shape index (κ1) is 22.5. The Kier molecular flexibility index (Phi) is 7.55. The largest absolute Gasteiger partial charge is 0.379 e. The molecule has 1 atom stereocenters. The van der Waals surface area contributed by atoms with Gasteiger partial charge in [0.15, 0.2) is 0 Å². The third-order valence-electron chi connectivity index (χ3n) is 6.25. The Morgan fingerprint density at radius 3 is 2.75 bits per heavy atom. The van der Waals surface area contributed by atoms with Crippen LogP contribution in [0.2, 0.25) is 0 Å².